The zero-order valence-corrected chi connectivity index (χ0v) is 18.7. The van der Waals surface area contributed by atoms with E-state index >= 15 is 0 Å². The molecule has 1 fully saturated rings. The van der Waals surface area contributed by atoms with Crippen molar-refractivity contribution in [2.45, 2.75) is 32.9 Å². The van der Waals surface area contributed by atoms with Gasteiger partial charge in [-0.05, 0) is 26.8 Å². The first-order chi connectivity index (χ1) is 12.1. The van der Waals surface area contributed by atoms with E-state index in [4.69, 9.17) is 14.5 Å². The second kappa shape index (κ2) is 11.6. The molecule has 0 unspecified atom stereocenters. The molecule has 6 nitrogen and oxygen atoms in total. The van der Waals surface area contributed by atoms with Gasteiger partial charge in [-0.15, -0.1) is 24.0 Å². The van der Waals surface area contributed by atoms with Crippen LogP contribution in [0, 0.1) is 0 Å². The first-order valence-corrected chi connectivity index (χ1v) is 9.03. The smallest absolute Gasteiger partial charge is 0.191 e. The van der Waals surface area contributed by atoms with Gasteiger partial charge in [0.2, 0.25) is 0 Å². The van der Waals surface area contributed by atoms with Crippen molar-refractivity contribution in [3.8, 4) is 5.75 Å². The van der Waals surface area contributed by atoms with E-state index in [1.54, 1.807) is 7.11 Å². The summed E-state index contributed by atoms with van der Waals surface area (Å²) in [6.07, 6.45) is 0. The number of para-hydroxylation sites is 1. The molecule has 0 atom stereocenters. The zero-order valence-electron chi connectivity index (χ0n) is 16.4. The number of hydrogen-bond donors (Lipinski definition) is 2. The molecule has 148 valence electrons. The van der Waals surface area contributed by atoms with Crippen molar-refractivity contribution in [2.75, 3.05) is 46.5 Å². The van der Waals surface area contributed by atoms with E-state index in [0.29, 0.717) is 6.54 Å². The first kappa shape index (κ1) is 23.0. The third-order valence-corrected chi connectivity index (χ3v) is 4.50. The topological polar surface area (TPSA) is 58.1 Å². The molecule has 1 heterocycles. The van der Waals surface area contributed by atoms with Crippen molar-refractivity contribution in [1.82, 2.24) is 15.5 Å². The Morgan fingerprint density at radius 2 is 1.92 bits per heavy atom. The summed E-state index contributed by atoms with van der Waals surface area (Å²) in [7, 11) is 1.69. The Hall–Kier alpha value is -1.06. The van der Waals surface area contributed by atoms with E-state index < -0.39 is 0 Å². The minimum absolute atomic E-state index is 0. The zero-order chi connectivity index (χ0) is 18.1. The summed E-state index contributed by atoms with van der Waals surface area (Å²) in [5.41, 5.74) is 1.12. The summed E-state index contributed by atoms with van der Waals surface area (Å²) in [5.74, 6) is 1.70. The molecule has 1 aromatic rings. The fourth-order valence-corrected chi connectivity index (χ4v) is 2.92. The molecule has 0 aliphatic carbocycles. The van der Waals surface area contributed by atoms with Gasteiger partial charge in [0.1, 0.15) is 5.75 Å². The third-order valence-electron chi connectivity index (χ3n) is 4.50. The lowest BCUT2D eigenvalue weighted by atomic mass is 10.0. The van der Waals surface area contributed by atoms with Crippen molar-refractivity contribution >= 4 is 29.9 Å². The highest BCUT2D eigenvalue weighted by atomic mass is 127. The van der Waals surface area contributed by atoms with Crippen LogP contribution in [0.5, 0.6) is 5.75 Å². The highest BCUT2D eigenvalue weighted by Crippen LogP contribution is 2.18. The summed E-state index contributed by atoms with van der Waals surface area (Å²) < 4.78 is 10.9. The predicted octanol–water partition coefficient (Wildman–Crippen LogP) is 2.48. The number of aliphatic imine (C=N–C) groups is 1. The average Bonchev–Trinajstić information content (AvgIpc) is 2.65. The van der Waals surface area contributed by atoms with Gasteiger partial charge in [-0.3, -0.25) is 4.90 Å². The maximum atomic E-state index is 5.46. The number of nitrogens with zero attached hydrogens (tertiary/aromatic N) is 2. The number of methoxy groups -OCH3 is 1. The van der Waals surface area contributed by atoms with Crippen LogP contribution in [0.1, 0.15) is 26.3 Å². The van der Waals surface area contributed by atoms with Crippen molar-refractivity contribution in [3.05, 3.63) is 29.8 Å². The van der Waals surface area contributed by atoms with Crippen LogP contribution in [0.2, 0.25) is 0 Å². The molecule has 0 bridgehead atoms. The minimum Gasteiger partial charge on any atom is -0.496 e. The third kappa shape index (κ3) is 6.92. The maximum Gasteiger partial charge on any atom is 0.191 e. The van der Waals surface area contributed by atoms with Crippen molar-refractivity contribution in [3.63, 3.8) is 0 Å². The molecule has 0 spiro atoms. The Kier molecular flexibility index (Phi) is 10.3. The average molecular weight is 476 g/mol. The number of benzene rings is 1. The highest BCUT2D eigenvalue weighted by Gasteiger charge is 2.28. The molecule has 7 heteroatoms. The standard InChI is InChI=1S/C19H32N4O2.HI/c1-5-20-18(21-14-16-8-6-7-9-17(16)24-4)22-15-19(2,3)23-10-12-25-13-11-23;/h6-9H,5,10-15H2,1-4H3,(H2,20,21,22);1H. The monoisotopic (exact) mass is 476 g/mol. The molecule has 1 aliphatic rings. The lowest BCUT2D eigenvalue weighted by molar-refractivity contribution is -0.00834. The van der Waals surface area contributed by atoms with Crippen LogP contribution in [0.15, 0.2) is 29.3 Å². The summed E-state index contributed by atoms with van der Waals surface area (Å²) in [6, 6.07) is 7.99. The molecule has 1 aromatic carbocycles. The van der Waals surface area contributed by atoms with Crippen molar-refractivity contribution in [1.29, 1.82) is 0 Å². The molecule has 0 saturated carbocycles. The molecule has 1 saturated heterocycles. The SMILES string of the molecule is CCNC(=NCc1ccccc1OC)NCC(C)(C)N1CCOCC1.I. The minimum atomic E-state index is 0. The molecule has 0 aromatic heterocycles. The summed E-state index contributed by atoms with van der Waals surface area (Å²) in [4.78, 5) is 7.18. The maximum absolute atomic E-state index is 5.46. The van der Waals surface area contributed by atoms with E-state index in [9.17, 15) is 0 Å². The summed E-state index contributed by atoms with van der Waals surface area (Å²) in [6.45, 7) is 12.4. The van der Waals surface area contributed by atoms with Gasteiger partial charge in [0.05, 0.1) is 26.9 Å². The molecular weight excluding hydrogens is 443 g/mol. The Morgan fingerprint density at radius 3 is 2.58 bits per heavy atom. The second-order valence-electron chi connectivity index (χ2n) is 6.77. The van der Waals surface area contributed by atoms with Crippen LogP contribution in [0.25, 0.3) is 0 Å². The Morgan fingerprint density at radius 1 is 1.23 bits per heavy atom. The van der Waals surface area contributed by atoms with Gasteiger partial charge in [-0.25, -0.2) is 4.99 Å². The Bertz CT molecular complexity index is 560. The van der Waals surface area contributed by atoms with Gasteiger partial charge < -0.3 is 20.1 Å². The number of hydrogen-bond acceptors (Lipinski definition) is 4. The summed E-state index contributed by atoms with van der Waals surface area (Å²) >= 11 is 0. The Balaban J connectivity index is 0.00000338. The number of rotatable bonds is 7. The second-order valence-corrected chi connectivity index (χ2v) is 6.77. The van der Waals surface area contributed by atoms with Crippen LogP contribution < -0.4 is 15.4 Å². The van der Waals surface area contributed by atoms with Crippen molar-refractivity contribution < 1.29 is 9.47 Å². The van der Waals surface area contributed by atoms with Crippen LogP contribution >= 0.6 is 24.0 Å². The fourth-order valence-electron chi connectivity index (χ4n) is 2.92. The number of ether oxygens (including phenoxy) is 2. The van der Waals surface area contributed by atoms with Crippen LogP contribution in [-0.2, 0) is 11.3 Å². The van der Waals surface area contributed by atoms with Crippen LogP contribution in [-0.4, -0.2) is 62.9 Å². The molecule has 26 heavy (non-hydrogen) atoms. The normalized spacial score (nSPS) is 15.9. The summed E-state index contributed by atoms with van der Waals surface area (Å²) in [5, 5.41) is 6.80. The molecule has 1 aliphatic heterocycles. The van der Waals surface area contributed by atoms with E-state index in [0.717, 1.165) is 56.7 Å². The number of guanidine groups is 1. The molecule has 2 N–H and O–H groups in total. The molecule has 0 amide bonds. The molecule has 0 radical (unpaired) electrons. The van der Waals surface area contributed by atoms with Gasteiger partial charge in [0.25, 0.3) is 0 Å². The van der Waals surface area contributed by atoms with Gasteiger partial charge in [0.15, 0.2) is 5.96 Å². The van der Waals surface area contributed by atoms with Gasteiger partial charge in [0, 0.05) is 37.3 Å². The quantitative estimate of drug-likeness (QED) is 0.360. The van der Waals surface area contributed by atoms with Gasteiger partial charge in [-0.2, -0.15) is 0 Å². The lowest BCUT2D eigenvalue weighted by Gasteiger charge is -2.41. The first-order valence-electron chi connectivity index (χ1n) is 9.03. The van der Waals surface area contributed by atoms with Gasteiger partial charge >= 0.3 is 0 Å². The highest BCUT2D eigenvalue weighted by molar-refractivity contribution is 14.0. The Labute approximate surface area is 174 Å². The number of halogens is 1. The van der Waals surface area contributed by atoms with Crippen molar-refractivity contribution in [2.24, 2.45) is 4.99 Å². The number of morpholine rings is 1. The fraction of sp³-hybridized carbons (Fsp3) is 0.632. The van der Waals surface area contributed by atoms with Gasteiger partial charge in [-0.1, -0.05) is 18.2 Å². The van der Waals surface area contributed by atoms with Crippen LogP contribution in [0.4, 0.5) is 0 Å². The van der Waals surface area contributed by atoms with E-state index in [-0.39, 0.29) is 29.5 Å². The lowest BCUT2D eigenvalue weighted by Crippen LogP contribution is -2.56. The van der Waals surface area contributed by atoms with E-state index in [1.165, 1.54) is 0 Å². The molecule has 2 rings (SSSR count). The van der Waals surface area contributed by atoms with E-state index in [2.05, 4.69) is 36.3 Å². The number of nitrogens with one attached hydrogen (secondary N) is 2. The van der Waals surface area contributed by atoms with Crippen LogP contribution in [0.3, 0.4) is 0 Å². The largest absolute Gasteiger partial charge is 0.496 e. The molecular formula is C19H33IN4O2. The predicted molar refractivity (Wildman–Crippen MR) is 118 cm³/mol. The van der Waals surface area contributed by atoms with E-state index in [1.807, 2.05) is 24.3 Å².